The van der Waals surface area contributed by atoms with Gasteiger partial charge in [0.25, 0.3) is 0 Å². The average Bonchev–Trinajstić information content (AvgIpc) is 1.89. The van der Waals surface area contributed by atoms with Crippen LogP contribution < -0.4 is 0 Å². The predicted molar refractivity (Wildman–Crippen MR) is 47.0 cm³/mol. The average molecular weight is 250 g/mol. The van der Waals surface area contributed by atoms with Crippen LogP contribution >= 0.6 is 0 Å². The monoisotopic (exact) mass is 250 g/mol. The minimum absolute atomic E-state index is 0. The maximum absolute atomic E-state index is 9.00. The molecule has 0 saturated heterocycles. The summed E-state index contributed by atoms with van der Waals surface area (Å²) in [5.74, 6) is -2.85. The van der Waals surface area contributed by atoms with Crippen molar-refractivity contribution in [3.05, 3.63) is 0 Å². The molecule has 0 saturated carbocycles. The number of hydrogen-bond donors (Lipinski definition) is 2. The number of hydrogen-bond acceptors (Lipinski definition) is 4. The Morgan fingerprint density at radius 3 is 1.00 bits per heavy atom. The van der Waals surface area contributed by atoms with Crippen LogP contribution in [0, 0.1) is 0 Å². The van der Waals surface area contributed by atoms with Crippen molar-refractivity contribution in [2.24, 2.45) is 0 Å². The van der Waals surface area contributed by atoms with Gasteiger partial charge >= 0.3 is 87.4 Å². The standard InChI is InChI=1S/2C2H2O3.2Ca.H2O.4H/c2*3-1-2(4)5;;;;;;;/h2*1H,(H,4,5);;;1H2;;;;/q;;2*+2;;4*-1. The number of carbonyl (C=O) groups is 4. The second-order valence-electron chi connectivity index (χ2n) is 0.912. The van der Waals surface area contributed by atoms with Crippen LogP contribution in [0.3, 0.4) is 0 Å². The van der Waals surface area contributed by atoms with Gasteiger partial charge in [0.15, 0.2) is 0 Å². The number of carboxylic acids is 2. The smallest absolute Gasteiger partial charge is 1.00 e. The summed E-state index contributed by atoms with van der Waals surface area (Å²) in [5, 5.41) is 14.7. The molecule has 4 N–H and O–H groups in total. The van der Waals surface area contributed by atoms with Gasteiger partial charge in [-0.05, 0) is 0 Å². The molecule has 0 unspecified atom stereocenters. The zero-order valence-corrected chi connectivity index (χ0v) is 11.0. The van der Waals surface area contributed by atoms with Crippen molar-refractivity contribution in [1.82, 2.24) is 0 Å². The van der Waals surface area contributed by atoms with Crippen LogP contribution in [-0.2, 0) is 19.2 Å². The van der Waals surface area contributed by atoms with Gasteiger partial charge in [0.1, 0.15) is 0 Å². The van der Waals surface area contributed by atoms with Gasteiger partial charge < -0.3 is 21.4 Å². The van der Waals surface area contributed by atoms with Crippen LogP contribution in [0.5, 0.6) is 0 Å². The first-order valence-corrected chi connectivity index (χ1v) is 1.90. The van der Waals surface area contributed by atoms with Crippen molar-refractivity contribution in [2.75, 3.05) is 0 Å². The molecule has 0 atom stereocenters. The summed E-state index contributed by atoms with van der Waals surface area (Å²) in [6.07, 6.45) is -0.333. The summed E-state index contributed by atoms with van der Waals surface area (Å²) in [6.45, 7) is 0. The van der Waals surface area contributed by atoms with E-state index in [0.29, 0.717) is 0 Å². The molecular weight excluding hydrogens is 240 g/mol. The molecule has 0 spiro atoms. The predicted octanol–water partition coefficient (Wildman–Crippen LogP) is -2.60. The Morgan fingerprint density at radius 2 is 1.00 bits per heavy atom. The topological polar surface area (TPSA) is 140 Å². The zero-order valence-electron chi connectivity index (χ0n) is 10.6. The summed E-state index contributed by atoms with van der Waals surface area (Å²) in [7, 11) is 0. The van der Waals surface area contributed by atoms with Crippen LogP contribution in [0.4, 0.5) is 0 Å². The van der Waals surface area contributed by atoms with Gasteiger partial charge in [-0.3, -0.25) is 9.59 Å². The molecule has 13 heavy (non-hydrogen) atoms. The van der Waals surface area contributed by atoms with E-state index in [9.17, 15) is 0 Å². The molecule has 0 aliphatic heterocycles. The Kier molecular flexibility index (Phi) is 51.6. The molecular formula is C4H10Ca2O7. The van der Waals surface area contributed by atoms with E-state index in [1.807, 2.05) is 0 Å². The Hall–Kier alpha value is 0.759. The normalized spacial score (nSPS) is 4.92. The minimum Gasteiger partial charge on any atom is -1.00 e. The second-order valence-corrected chi connectivity index (χ2v) is 0.912. The maximum atomic E-state index is 9.00. The molecule has 0 bridgehead atoms. The van der Waals surface area contributed by atoms with Crippen molar-refractivity contribution >= 4 is 100.0 Å². The van der Waals surface area contributed by atoms with E-state index in [1.54, 1.807) is 0 Å². The van der Waals surface area contributed by atoms with E-state index >= 15 is 0 Å². The zero-order chi connectivity index (χ0) is 8.57. The molecule has 0 aromatic rings. The molecule has 0 heterocycles. The quantitative estimate of drug-likeness (QED) is 0.313. The third kappa shape index (κ3) is 65.2. The molecule has 0 aliphatic rings. The van der Waals surface area contributed by atoms with E-state index in [0.717, 1.165) is 0 Å². The van der Waals surface area contributed by atoms with Gasteiger partial charge in [-0.25, -0.2) is 9.59 Å². The van der Waals surface area contributed by atoms with Crippen LogP contribution in [-0.4, -0.2) is 116 Å². The number of aldehydes is 2. The van der Waals surface area contributed by atoms with Gasteiger partial charge in [-0.15, -0.1) is 0 Å². The van der Waals surface area contributed by atoms with Crippen molar-refractivity contribution in [1.29, 1.82) is 0 Å². The van der Waals surface area contributed by atoms with Crippen molar-refractivity contribution in [3.8, 4) is 0 Å². The van der Waals surface area contributed by atoms with E-state index in [-0.39, 0.29) is 99.2 Å². The largest absolute Gasteiger partial charge is 2.00 e. The fourth-order valence-electron chi connectivity index (χ4n) is 0. The number of aliphatic carboxylic acids is 2. The Morgan fingerprint density at radius 1 is 0.923 bits per heavy atom. The van der Waals surface area contributed by atoms with E-state index in [4.69, 9.17) is 29.4 Å². The van der Waals surface area contributed by atoms with Crippen molar-refractivity contribution in [2.45, 2.75) is 0 Å². The van der Waals surface area contributed by atoms with E-state index in [2.05, 4.69) is 0 Å². The van der Waals surface area contributed by atoms with Gasteiger partial charge in [0, 0.05) is 0 Å². The molecule has 0 fully saturated rings. The Labute approximate surface area is 139 Å². The molecule has 0 amide bonds. The van der Waals surface area contributed by atoms with Crippen LogP contribution in [0.25, 0.3) is 0 Å². The first-order chi connectivity index (χ1) is 4.54. The summed E-state index contributed by atoms with van der Waals surface area (Å²) < 4.78 is 0. The van der Waals surface area contributed by atoms with Gasteiger partial charge in [0.2, 0.25) is 12.6 Å². The van der Waals surface area contributed by atoms with Crippen LogP contribution in [0.1, 0.15) is 5.71 Å². The van der Waals surface area contributed by atoms with E-state index < -0.39 is 11.9 Å². The van der Waals surface area contributed by atoms with Crippen molar-refractivity contribution in [3.63, 3.8) is 0 Å². The summed E-state index contributed by atoms with van der Waals surface area (Å²) in [4.78, 5) is 35.8. The summed E-state index contributed by atoms with van der Waals surface area (Å²) >= 11 is 0. The number of rotatable bonds is 2. The Balaban J connectivity index is -0.00000000762. The molecule has 0 rings (SSSR count). The molecule has 0 aromatic carbocycles. The molecule has 0 aliphatic carbocycles. The third-order valence-corrected chi connectivity index (χ3v) is 0.202. The molecule has 9 heteroatoms. The summed E-state index contributed by atoms with van der Waals surface area (Å²) in [5.41, 5.74) is 0. The van der Waals surface area contributed by atoms with Gasteiger partial charge in [0.05, 0.1) is 0 Å². The fraction of sp³-hybridized carbons (Fsp3) is 0. The van der Waals surface area contributed by atoms with Gasteiger partial charge in [-0.1, -0.05) is 0 Å². The summed E-state index contributed by atoms with van der Waals surface area (Å²) in [6, 6.07) is 0. The Bertz CT molecular complexity index is 152. The molecule has 72 valence electrons. The SMILES string of the molecule is O.O=CC(=O)O.O=CC(=O)O.[Ca+2].[Ca+2].[H-].[H-].[H-].[H-]. The van der Waals surface area contributed by atoms with Crippen LogP contribution in [0.2, 0.25) is 0 Å². The molecule has 7 nitrogen and oxygen atoms in total. The minimum atomic E-state index is -1.43. The molecule has 0 aromatic heterocycles. The van der Waals surface area contributed by atoms with Crippen LogP contribution in [0.15, 0.2) is 0 Å². The third-order valence-electron chi connectivity index (χ3n) is 0.202. The first-order valence-electron chi connectivity index (χ1n) is 1.90. The van der Waals surface area contributed by atoms with Gasteiger partial charge in [-0.2, -0.15) is 0 Å². The maximum Gasteiger partial charge on any atom is 2.00 e. The van der Waals surface area contributed by atoms with Crippen molar-refractivity contribution < 1.29 is 40.6 Å². The fourth-order valence-corrected chi connectivity index (χ4v) is 0. The molecule has 0 radical (unpaired) electrons. The second kappa shape index (κ2) is 23.0. The number of carboxylic acid groups (broad SMARTS) is 2. The van der Waals surface area contributed by atoms with E-state index in [1.165, 1.54) is 0 Å². The first kappa shape index (κ1) is 29.2. The number of carbonyl (C=O) groups excluding carboxylic acids is 2.